The van der Waals surface area contributed by atoms with E-state index in [-0.39, 0.29) is 11.1 Å². The smallest absolute Gasteiger partial charge is 0.338 e. The second-order valence-electron chi connectivity index (χ2n) is 3.97. The molecule has 0 radical (unpaired) electrons. The summed E-state index contributed by atoms with van der Waals surface area (Å²) in [5.74, 6) is -1.63. The fraction of sp³-hybridized carbons (Fsp3) is 0.364. The topological polar surface area (TPSA) is 60.4 Å². The van der Waals surface area contributed by atoms with Crippen molar-refractivity contribution in [1.29, 1.82) is 0 Å². The van der Waals surface area contributed by atoms with Gasteiger partial charge in [0.05, 0.1) is 16.6 Å². The first kappa shape index (κ1) is 14.9. The molecule has 0 atom stereocenters. The van der Waals surface area contributed by atoms with Gasteiger partial charge in [0.15, 0.2) is 0 Å². The van der Waals surface area contributed by atoms with Crippen LogP contribution in [0.25, 0.3) is 0 Å². The maximum atomic E-state index is 13.5. The molecule has 0 aliphatic rings. The van der Waals surface area contributed by atoms with Crippen LogP contribution < -0.4 is 0 Å². The van der Waals surface area contributed by atoms with Crippen LogP contribution >= 0.6 is 10.7 Å². The molecule has 0 aromatic heterocycles. The van der Waals surface area contributed by atoms with Crippen LogP contribution in [0, 0.1) is 12.7 Å². The van der Waals surface area contributed by atoms with E-state index >= 15 is 0 Å². The summed E-state index contributed by atoms with van der Waals surface area (Å²) in [4.78, 5) is 11.1. The minimum Gasteiger partial charge on any atom is -0.459 e. The zero-order valence-electron chi connectivity index (χ0n) is 10.0. The van der Waals surface area contributed by atoms with Gasteiger partial charge in [0, 0.05) is 16.2 Å². The Balaban J connectivity index is 3.34. The van der Waals surface area contributed by atoms with E-state index in [1.54, 1.807) is 13.8 Å². The fourth-order valence-corrected chi connectivity index (χ4v) is 2.52. The zero-order valence-corrected chi connectivity index (χ0v) is 11.6. The van der Waals surface area contributed by atoms with Crippen molar-refractivity contribution in [3.8, 4) is 0 Å². The average molecular weight is 295 g/mol. The Morgan fingerprint density at radius 3 is 2.39 bits per heavy atom. The van der Waals surface area contributed by atoms with Crippen molar-refractivity contribution in [2.24, 2.45) is 0 Å². The highest BCUT2D eigenvalue weighted by Crippen LogP contribution is 2.24. The third kappa shape index (κ3) is 3.43. The Kier molecular flexibility index (Phi) is 4.34. The van der Waals surface area contributed by atoms with E-state index in [2.05, 4.69) is 0 Å². The summed E-state index contributed by atoms with van der Waals surface area (Å²) in [6.45, 7) is 4.52. The minimum absolute atomic E-state index is 0.133. The molecule has 0 saturated heterocycles. The van der Waals surface area contributed by atoms with Crippen molar-refractivity contribution in [2.75, 3.05) is 0 Å². The molecule has 100 valence electrons. The molecule has 0 heterocycles. The maximum absolute atomic E-state index is 13.5. The summed E-state index contributed by atoms with van der Waals surface area (Å²) in [6.07, 6.45) is -0.391. The Labute approximate surface area is 109 Å². The maximum Gasteiger partial charge on any atom is 0.338 e. The van der Waals surface area contributed by atoms with Crippen LogP contribution in [0.3, 0.4) is 0 Å². The van der Waals surface area contributed by atoms with Gasteiger partial charge in [-0.05, 0) is 32.9 Å². The van der Waals surface area contributed by atoms with Gasteiger partial charge in [0.2, 0.25) is 0 Å². The lowest BCUT2D eigenvalue weighted by Crippen LogP contribution is -2.13. The highest BCUT2D eigenvalue weighted by atomic mass is 35.7. The number of hydrogen-bond acceptors (Lipinski definition) is 4. The number of halogens is 2. The molecule has 0 spiro atoms. The van der Waals surface area contributed by atoms with Gasteiger partial charge < -0.3 is 4.74 Å². The largest absolute Gasteiger partial charge is 0.459 e. The quantitative estimate of drug-likeness (QED) is 0.635. The van der Waals surface area contributed by atoms with Gasteiger partial charge in [-0.25, -0.2) is 17.6 Å². The molecule has 1 rings (SSSR count). The lowest BCUT2D eigenvalue weighted by atomic mass is 10.1. The first-order chi connectivity index (χ1) is 8.12. The second kappa shape index (κ2) is 5.24. The molecule has 0 aliphatic carbocycles. The van der Waals surface area contributed by atoms with Crippen LogP contribution in [-0.2, 0) is 13.8 Å². The van der Waals surface area contributed by atoms with Crippen LogP contribution in [-0.4, -0.2) is 20.5 Å². The third-order valence-electron chi connectivity index (χ3n) is 2.14. The molecule has 1 aromatic carbocycles. The highest BCUT2D eigenvalue weighted by molar-refractivity contribution is 8.13. The Bertz CT molecular complexity index is 581. The lowest BCUT2D eigenvalue weighted by Gasteiger charge is -2.10. The Morgan fingerprint density at radius 1 is 1.39 bits per heavy atom. The number of hydrogen-bond donors (Lipinski definition) is 0. The molecule has 1 aromatic rings. The van der Waals surface area contributed by atoms with Crippen molar-refractivity contribution < 1.29 is 22.3 Å². The summed E-state index contributed by atoms with van der Waals surface area (Å²) in [7, 11) is 1.06. The summed E-state index contributed by atoms with van der Waals surface area (Å²) in [5.41, 5.74) is -0.322. The summed E-state index contributed by atoms with van der Waals surface area (Å²) >= 11 is 0. The molecule has 0 saturated carbocycles. The Morgan fingerprint density at radius 2 is 1.94 bits per heavy atom. The van der Waals surface area contributed by atoms with E-state index in [1.807, 2.05) is 0 Å². The number of esters is 1. The molecule has 0 fully saturated rings. The van der Waals surface area contributed by atoms with Gasteiger partial charge in [-0.15, -0.1) is 0 Å². The van der Waals surface area contributed by atoms with Crippen LogP contribution in [0.15, 0.2) is 17.0 Å². The SMILES string of the molecule is Cc1c(F)cc(C(=O)OC(C)C)cc1S(=O)(=O)Cl. The summed E-state index contributed by atoms with van der Waals surface area (Å²) in [5, 5.41) is 0. The first-order valence-corrected chi connectivity index (χ1v) is 7.39. The fourth-order valence-electron chi connectivity index (χ4n) is 1.31. The van der Waals surface area contributed by atoms with E-state index in [9.17, 15) is 17.6 Å². The molecule has 7 heteroatoms. The van der Waals surface area contributed by atoms with E-state index in [0.29, 0.717) is 0 Å². The van der Waals surface area contributed by atoms with Gasteiger partial charge in [0.25, 0.3) is 9.05 Å². The van der Waals surface area contributed by atoms with E-state index < -0.39 is 31.8 Å². The molecule has 4 nitrogen and oxygen atoms in total. The van der Waals surface area contributed by atoms with Crippen LogP contribution in [0.1, 0.15) is 29.8 Å². The third-order valence-corrected chi connectivity index (χ3v) is 3.59. The monoisotopic (exact) mass is 294 g/mol. The van der Waals surface area contributed by atoms with Gasteiger partial charge in [-0.1, -0.05) is 0 Å². The molecule has 0 N–H and O–H groups in total. The van der Waals surface area contributed by atoms with Crippen LogP contribution in [0.2, 0.25) is 0 Å². The molecule has 0 amide bonds. The minimum atomic E-state index is -4.12. The van der Waals surface area contributed by atoms with E-state index in [1.165, 1.54) is 6.92 Å². The summed E-state index contributed by atoms with van der Waals surface area (Å²) < 4.78 is 40.9. The number of ether oxygens (including phenoxy) is 1. The van der Waals surface area contributed by atoms with Gasteiger partial charge in [-0.3, -0.25) is 0 Å². The molecule has 0 bridgehead atoms. The molecule has 0 unspecified atom stereocenters. The van der Waals surface area contributed by atoms with Gasteiger partial charge in [-0.2, -0.15) is 0 Å². The number of carbonyl (C=O) groups excluding carboxylic acids is 1. The molecular weight excluding hydrogens is 283 g/mol. The number of benzene rings is 1. The number of carbonyl (C=O) groups is 1. The van der Waals surface area contributed by atoms with Gasteiger partial charge >= 0.3 is 5.97 Å². The Hall–Kier alpha value is -1.14. The van der Waals surface area contributed by atoms with Crippen molar-refractivity contribution in [2.45, 2.75) is 31.8 Å². The lowest BCUT2D eigenvalue weighted by molar-refractivity contribution is 0.0377. The molecule has 18 heavy (non-hydrogen) atoms. The van der Waals surface area contributed by atoms with Crippen LogP contribution in [0.5, 0.6) is 0 Å². The van der Waals surface area contributed by atoms with Crippen molar-refractivity contribution in [3.05, 3.63) is 29.1 Å². The van der Waals surface area contributed by atoms with Crippen LogP contribution in [0.4, 0.5) is 4.39 Å². The van der Waals surface area contributed by atoms with Crippen molar-refractivity contribution >= 4 is 25.7 Å². The van der Waals surface area contributed by atoms with E-state index in [0.717, 1.165) is 12.1 Å². The van der Waals surface area contributed by atoms with Gasteiger partial charge in [0.1, 0.15) is 5.82 Å². The summed E-state index contributed by atoms with van der Waals surface area (Å²) in [6, 6.07) is 1.93. The predicted molar refractivity (Wildman–Crippen MR) is 64.7 cm³/mol. The van der Waals surface area contributed by atoms with Crippen molar-refractivity contribution in [3.63, 3.8) is 0 Å². The standard InChI is InChI=1S/C11H12ClFO4S/c1-6(2)17-11(14)8-4-9(13)7(3)10(5-8)18(12,15)16/h4-6H,1-3H3. The van der Waals surface area contributed by atoms with Crippen molar-refractivity contribution in [1.82, 2.24) is 0 Å². The first-order valence-electron chi connectivity index (χ1n) is 5.08. The zero-order chi connectivity index (χ0) is 14.1. The molecule has 0 aliphatic heterocycles. The predicted octanol–water partition coefficient (Wildman–Crippen LogP) is 2.63. The highest BCUT2D eigenvalue weighted by Gasteiger charge is 2.21. The van der Waals surface area contributed by atoms with E-state index in [4.69, 9.17) is 15.4 Å². The average Bonchev–Trinajstić information content (AvgIpc) is 2.18. The normalized spacial score (nSPS) is 11.7. The molecular formula is C11H12ClFO4S. The second-order valence-corrected chi connectivity index (χ2v) is 6.51. The number of rotatable bonds is 3.